The Morgan fingerprint density at radius 1 is 1.75 bits per heavy atom. The molecule has 0 radical (unpaired) electrons. The summed E-state index contributed by atoms with van der Waals surface area (Å²) in [7, 11) is 0. The van der Waals surface area contributed by atoms with E-state index >= 15 is 0 Å². The average molecular weight is 183 g/mol. The summed E-state index contributed by atoms with van der Waals surface area (Å²) in [4.78, 5) is 17.0. The number of nitrogens with one attached hydrogen (secondary N) is 1. The Morgan fingerprint density at radius 2 is 2.67 bits per heavy atom. The van der Waals surface area contributed by atoms with Crippen LogP contribution in [0, 0.1) is 0 Å². The number of hydrogen-bond acceptors (Lipinski definition) is 3. The second-order valence-electron chi connectivity index (χ2n) is 2.63. The van der Waals surface area contributed by atoms with Crippen molar-refractivity contribution in [1.29, 1.82) is 0 Å². The molecule has 2 amide bonds. The first-order valence-electron chi connectivity index (χ1n) is 3.76. The van der Waals surface area contributed by atoms with E-state index in [9.17, 15) is 4.79 Å². The van der Waals surface area contributed by atoms with Gasteiger partial charge in [0, 0.05) is 18.5 Å². The van der Waals surface area contributed by atoms with E-state index in [-0.39, 0.29) is 6.03 Å². The molecule has 64 valence electrons. The van der Waals surface area contributed by atoms with Crippen molar-refractivity contribution in [3.8, 4) is 0 Å². The lowest BCUT2D eigenvalue weighted by Crippen LogP contribution is -2.27. The average Bonchev–Trinajstić information content (AvgIpc) is 2.65. The van der Waals surface area contributed by atoms with Gasteiger partial charge in [-0.25, -0.2) is 9.78 Å². The SMILES string of the molecule is O=C1NCCN1Cc1cscn1. The van der Waals surface area contributed by atoms with E-state index in [0.717, 1.165) is 18.8 Å². The molecule has 0 bridgehead atoms. The first-order valence-corrected chi connectivity index (χ1v) is 4.70. The second-order valence-corrected chi connectivity index (χ2v) is 3.35. The van der Waals surface area contributed by atoms with Crippen molar-refractivity contribution in [2.75, 3.05) is 13.1 Å². The Kier molecular flexibility index (Phi) is 1.95. The molecule has 1 aliphatic rings. The fourth-order valence-electron chi connectivity index (χ4n) is 1.17. The number of urea groups is 1. The van der Waals surface area contributed by atoms with Crippen LogP contribution in [0.4, 0.5) is 4.79 Å². The first kappa shape index (κ1) is 7.54. The lowest BCUT2D eigenvalue weighted by atomic mass is 10.4. The summed E-state index contributed by atoms with van der Waals surface area (Å²) in [6.07, 6.45) is 0. The Balaban J connectivity index is 1.99. The Bertz CT molecular complexity index is 272. The fraction of sp³-hybridized carbons (Fsp3) is 0.429. The number of aromatic nitrogens is 1. The molecule has 2 heterocycles. The molecule has 1 aromatic heterocycles. The smallest absolute Gasteiger partial charge is 0.317 e. The van der Waals surface area contributed by atoms with Crippen LogP contribution in [0.1, 0.15) is 5.69 Å². The second kappa shape index (κ2) is 3.10. The minimum absolute atomic E-state index is 0.0167. The largest absolute Gasteiger partial charge is 0.336 e. The zero-order valence-electron chi connectivity index (χ0n) is 6.49. The monoisotopic (exact) mass is 183 g/mol. The standard InChI is InChI=1S/C7H9N3OS/c11-7-8-1-2-10(7)3-6-4-12-5-9-6/h4-5H,1-3H2,(H,8,11). The maximum Gasteiger partial charge on any atom is 0.317 e. The van der Waals surface area contributed by atoms with Gasteiger partial charge in [0.1, 0.15) is 0 Å². The zero-order chi connectivity index (χ0) is 8.39. The number of nitrogens with zero attached hydrogens (tertiary/aromatic N) is 2. The molecule has 1 saturated heterocycles. The minimum atomic E-state index is 0.0167. The van der Waals surface area contributed by atoms with Crippen LogP contribution in [0.5, 0.6) is 0 Å². The maximum atomic E-state index is 11.1. The first-order chi connectivity index (χ1) is 5.86. The van der Waals surface area contributed by atoms with Crippen LogP contribution in [0.2, 0.25) is 0 Å². The summed E-state index contributed by atoms with van der Waals surface area (Å²) in [5.41, 5.74) is 2.75. The molecule has 0 aromatic carbocycles. The third-order valence-electron chi connectivity index (χ3n) is 1.78. The van der Waals surface area contributed by atoms with Crippen molar-refractivity contribution < 1.29 is 4.79 Å². The molecular weight excluding hydrogens is 174 g/mol. The highest BCUT2D eigenvalue weighted by Gasteiger charge is 2.19. The van der Waals surface area contributed by atoms with Crippen molar-refractivity contribution >= 4 is 17.4 Å². The van der Waals surface area contributed by atoms with E-state index < -0.39 is 0 Å². The third-order valence-corrected chi connectivity index (χ3v) is 2.42. The van der Waals surface area contributed by atoms with Crippen molar-refractivity contribution in [2.24, 2.45) is 0 Å². The Morgan fingerprint density at radius 3 is 3.25 bits per heavy atom. The molecule has 0 saturated carbocycles. The van der Waals surface area contributed by atoms with Crippen LogP contribution < -0.4 is 5.32 Å². The summed E-state index contributed by atoms with van der Waals surface area (Å²) in [6, 6.07) is 0.0167. The molecule has 5 heteroatoms. The van der Waals surface area contributed by atoms with Crippen molar-refractivity contribution in [1.82, 2.24) is 15.2 Å². The summed E-state index contributed by atoms with van der Waals surface area (Å²) < 4.78 is 0. The highest BCUT2D eigenvalue weighted by atomic mass is 32.1. The Labute approximate surface area is 74.2 Å². The third kappa shape index (κ3) is 1.40. The zero-order valence-corrected chi connectivity index (χ0v) is 7.30. The summed E-state index contributed by atoms with van der Waals surface area (Å²) in [5, 5.41) is 4.71. The number of rotatable bonds is 2. The van der Waals surface area contributed by atoms with Crippen LogP contribution in [0.3, 0.4) is 0 Å². The summed E-state index contributed by atoms with van der Waals surface area (Å²) in [6.45, 7) is 2.18. The number of carbonyl (C=O) groups excluding carboxylic acids is 1. The topological polar surface area (TPSA) is 45.2 Å². The predicted octanol–water partition coefficient (Wildman–Crippen LogP) is 0.668. The van der Waals surface area contributed by atoms with Gasteiger partial charge in [0.05, 0.1) is 17.7 Å². The number of amides is 2. The molecule has 0 spiro atoms. The van der Waals surface area contributed by atoms with Gasteiger partial charge in [-0.1, -0.05) is 0 Å². The highest BCUT2D eigenvalue weighted by Crippen LogP contribution is 2.07. The Hall–Kier alpha value is -1.10. The molecule has 12 heavy (non-hydrogen) atoms. The van der Waals surface area contributed by atoms with Crippen molar-refractivity contribution in [2.45, 2.75) is 6.54 Å². The fourth-order valence-corrected chi connectivity index (χ4v) is 1.72. The number of carbonyl (C=O) groups is 1. The predicted molar refractivity (Wildman–Crippen MR) is 45.9 cm³/mol. The van der Waals surface area contributed by atoms with Crippen molar-refractivity contribution in [3.05, 3.63) is 16.6 Å². The highest BCUT2D eigenvalue weighted by molar-refractivity contribution is 7.07. The molecule has 0 aliphatic carbocycles. The molecular formula is C7H9N3OS. The molecule has 0 unspecified atom stereocenters. The lowest BCUT2D eigenvalue weighted by molar-refractivity contribution is 0.215. The molecule has 2 rings (SSSR count). The maximum absolute atomic E-state index is 11.1. The lowest BCUT2D eigenvalue weighted by Gasteiger charge is -2.11. The molecule has 4 nitrogen and oxygen atoms in total. The van der Waals surface area contributed by atoms with Crippen LogP contribution >= 0.6 is 11.3 Å². The van der Waals surface area contributed by atoms with Gasteiger partial charge < -0.3 is 10.2 Å². The van der Waals surface area contributed by atoms with Gasteiger partial charge >= 0.3 is 6.03 Å². The number of hydrogen-bond donors (Lipinski definition) is 1. The quantitative estimate of drug-likeness (QED) is 0.732. The van der Waals surface area contributed by atoms with E-state index in [1.165, 1.54) is 0 Å². The van der Waals surface area contributed by atoms with Crippen LogP contribution in [0.25, 0.3) is 0 Å². The van der Waals surface area contributed by atoms with E-state index in [2.05, 4.69) is 10.3 Å². The normalized spacial score (nSPS) is 16.7. The molecule has 1 aromatic rings. The molecule has 1 N–H and O–H groups in total. The van der Waals surface area contributed by atoms with Gasteiger partial charge in [-0.05, 0) is 0 Å². The van der Waals surface area contributed by atoms with Gasteiger partial charge in [0.25, 0.3) is 0 Å². The number of thiazole rings is 1. The van der Waals surface area contributed by atoms with Crippen LogP contribution in [-0.4, -0.2) is 29.0 Å². The molecule has 1 fully saturated rings. The van der Waals surface area contributed by atoms with Gasteiger partial charge in [0.2, 0.25) is 0 Å². The van der Waals surface area contributed by atoms with Gasteiger partial charge in [-0.15, -0.1) is 11.3 Å². The van der Waals surface area contributed by atoms with E-state index in [4.69, 9.17) is 0 Å². The molecule has 1 aliphatic heterocycles. The summed E-state index contributed by atoms with van der Waals surface area (Å²) in [5.74, 6) is 0. The van der Waals surface area contributed by atoms with E-state index in [0.29, 0.717) is 6.54 Å². The van der Waals surface area contributed by atoms with Gasteiger partial charge in [0.15, 0.2) is 0 Å². The van der Waals surface area contributed by atoms with Crippen LogP contribution in [0.15, 0.2) is 10.9 Å². The van der Waals surface area contributed by atoms with E-state index in [1.807, 2.05) is 5.38 Å². The van der Waals surface area contributed by atoms with Crippen molar-refractivity contribution in [3.63, 3.8) is 0 Å². The van der Waals surface area contributed by atoms with E-state index in [1.54, 1.807) is 21.7 Å². The van der Waals surface area contributed by atoms with Gasteiger partial charge in [-0.3, -0.25) is 0 Å². The minimum Gasteiger partial charge on any atom is -0.336 e. The summed E-state index contributed by atoms with van der Waals surface area (Å²) >= 11 is 1.55. The molecule has 0 atom stereocenters. The van der Waals surface area contributed by atoms with Crippen LogP contribution in [-0.2, 0) is 6.54 Å². The van der Waals surface area contributed by atoms with Gasteiger partial charge in [-0.2, -0.15) is 0 Å².